The van der Waals surface area contributed by atoms with Gasteiger partial charge in [-0.25, -0.2) is 0 Å². The highest BCUT2D eigenvalue weighted by molar-refractivity contribution is 5.14. The first-order chi connectivity index (χ1) is 8.83. The van der Waals surface area contributed by atoms with Gasteiger partial charge in [-0.2, -0.15) is 0 Å². The van der Waals surface area contributed by atoms with Crippen LogP contribution in [0, 0.1) is 0 Å². The SMILES string of the molecule is COCCNCC(C)NCCCc1ccccc1. The van der Waals surface area contributed by atoms with Crippen molar-refractivity contribution in [2.75, 3.05) is 33.4 Å². The first kappa shape index (κ1) is 15.2. The molecule has 3 nitrogen and oxygen atoms in total. The zero-order chi connectivity index (χ0) is 13.1. The molecule has 0 amide bonds. The normalized spacial score (nSPS) is 12.6. The monoisotopic (exact) mass is 250 g/mol. The summed E-state index contributed by atoms with van der Waals surface area (Å²) in [5.41, 5.74) is 1.42. The topological polar surface area (TPSA) is 33.3 Å². The van der Waals surface area contributed by atoms with E-state index in [-0.39, 0.29) is 0 Å². The van der Waals surface area contributed by atoms with Crippen molar-refractivity contribution in [2.24, 2.45) is 0 Å². The van der Waals surface area contributed by atoms with Gasteiger partial charge < -0.3 is 15.4 Å². The van der Waals surface area contributed by atoms with Gasteiger partial charge in [0.1, 0.15) is 0 Å². The van der Waals surface area contributed by atoms with Crippen molar-refractivity contribution in [1.29, 1.82) is 0 Å². The summed E-state index contributed by atoms with van der Waals surface area (Å²) in [5, 5.41) is 6.88. The Bertz CT molecular complexity index is 290. The second kappa shape index (κ2) is 10.1. The van der Waals surface area contributed by atoms with E-state index in [1.807, 2.05) is 0 Å². The number of hydrogen-bond acceptors (Lipinski definition) is 3. The van der Waals surface area contributed by atoms with Crippen LogP contribution in [0.2, 0.25) is 0 Å². The molecule has 0 radical (unpaired) electrons. The van der Waals surface area contributed by atoms with Gasteiger partial charge >= 0.3 is 0 Å². The molecule has 1 atom stereocenters. The predicted octanol–water partition coefficient (Wildman–Crippen LogP) is 1.83. The fourth-order valence-corrected chi connectivity index (χ4v) is 1.85. The van der Waals surface area contributed by atoms with Crippen LogP contribution < -0.4 is 10.6 Å². The molecule has 0 aliphatic carbocycles. The molecule has 0 heterocycles. The molecule has 3 heteroatoms. The van der Waals surface area contributed by atoms with Crippen molar-refractivity contribution < 1.29 is 4.74 Å². The van der Waals surface area contributed by atoms with Crippen LogP contribution in [-0.4, -0.2) is 39.4 Å². The third-order valence-electron chi connectivity index (χ3n) is 2.91. The largest absolute Gasteiger partial charge is 0.383 e. The molecule has 0 aromatic heterocycles. The van der Waals surface area contributed by atoms with Gasteiger partial charge in [-0.1, -0.05) is 30.3 Å². The summed E-state index contributed by atoms with van der Waals surface area (Å²) in [6.07, 6.45) is 2.34. The molecule has 0 aliphatic heterocycles. The van der Waals surface area contributed by atoms with E-state index in [1.165, 1.54) is 12.0 Å². The standard InChI is InChI=1S/C15H26N2O/c1-14(13-16-11-12-18-2)17-10-6-9-15-7-4-3-5-8-15/h3-5,7-8,14,16-17H,6,9-13H2,1-2H3. The summed E-state index contributed by atoms with van der Waals surface area (Å²) < 4.78 is 4.99. The van der Waals surface area contributed by atoms with Crippen molar-refractivity contribution in [3.05, 3.63) is 35.9 Å². The number of aryl methyl sites for hydroxylation is 1. The highest BCUT2D eigenvalue weighted by Gasteiger charge is 1.99. The van der Waals surface area contributed by atoms with Crippen molar-refractivity contribution in [2.45, 2.75) is 25.8 Å². The lowest BCUT2D eigenvalue weighted by molar-refractivity contribution is 0.198. The van der Waals surface area contributed by atoms with E-state index >= 15 is 0 Å². The predicted molar refractivity (Wildman–Crippen MR) is 77.0 cm³/mol. The third kappa shape index (κ3) is 7.43. The van der Waals surface area contributed by atoms with E-state index in [2.05, 4.69) is 47.9 Å². The van der Waals surface area contributed by atoms with E-state index < -0.39 is 0 Å². The molecule has 0 saturated carbocycles. The molecule has 0 fully saturated rings. The molecule has 0 saturated heterocycles. The summed E-state index contributed by atoms with van der Waals surface area (Å²) in [5.74, 6) is 0. The molecular weight excluding hydrogens is 224 g/mol. The van der Waals surface area contributed by atoms with E-state index in [1.54, 1.807) is 7.11 Å². The van der Waals surface area contributed by atoms with Crippen LogP contribution in [0.15, 0.2) is 30.3 Å². The summed E-state index contributed by atoms with van der Waals surface area (Å²) in [6.45, 7) is 5.98. The molecule has 1 unspecified atom stereocenters. The van der Waals surface area contributed by atoms with Gasteiger partial charge in [-0.3, -0.25) is 0 Å². The molecule has 1 aromatic carbocycles. The summed E-state index contributed by atoms with van der Waals surface area (Å²) in [4.78, 5) is 0. The van der Waals surface area contributed by atoms with Crippen LogP contribution in [0.1, 0.15) is 18.9 Å². The number of ether oxygens (including phenoxy) is 1. The average molecular weight is 250 g/mol. The Labute approximate surface area is 111 Å². The van der Waals surface area contributed by atoms with E-state index in [9.17, 15) is 0 Å². The average Bonchev–Trinajstić information content (AvgIpc) is 2.41. The fraction of sp³-hybridized carbons (Fsp3) is 0.600. The highest BCUT2D eigenvalue weighted by atomic mass is 16.5. The minimum Gasteiger partial charge on any atom is -0.383 e. The summed E-state index contributed by atoms with van der Waals surface area (Å²) in [7, 11) is 1.73. The Balaban J connectivity index is 1.97. The van der Waals surface area contributed by atoms with Crippen LogP contribution in [0.3, 0.4) is 0 Å². The first-order valence-electron chi connectivity index (χ1n) is 6.80. The van der Waals surface area contributed by atoms with Gasteiger partial charge in [0.05, 0.1) is 6.61 Å². The second-order valence-corrected chi connectivity index (χ2v) is 4.64. The third-order valence-corrected chi connectivity index (χ3v) is 2.91. The van der Waals surface area contributed by atoms with Crippen molar-refractivity contribution in [3.63, 3.8) is 0 Å². The van der Waals surface area contributed by atoms with E-state index in [0.717, 1.165) is 32.7 Å². The van der Waals surface area contributed by atoms with Gasteiger partial charge in [-0.05, 0) is 31.9 Å². The molecule has 102 valence electrons. The molecule has 0 bridgehead atoms. The minimum atomic E-state index is 0.512. The Morgan fingerprint density at radius 2 is 1.94 bits per heavy atom. The van der Waals surface area contributed by atoms with Crippen molar-refractivity contribution in [3.8, 4) is 0 Å². The summed E-state index contributed by atoms with van der Waals surface area (Å²) in [6, 6.07) is 11.2. The number of methoxy groups -OCH3 is 1. The van der Waals surface area contributed by atoms with Crippen LogP contribution in [0.25, 0.3) is 0 Å². The van der Waals surface area contributed by atoms with Gasteiger partial charge in [0.25, 0.3) is 0 Å². The molecule has 0 aliphatic rings. The number of hydrogen-bond donors (Lipinski definition) is 2. The van der Waals surface area contributed by atoms with Gasteiger partial charge in [0, 0.05) is 26.2 Å². The fourth-order valence-electron chi connectivity index (χ4n) is 1.85. The number of nitrogens with one attached hydrogen (secondary N) is 2. The number of benzene rings is 1. The van der Waals surface area contributed by atoms with Crippen LogP contribution in [0.4, 0.5) is 0 Å². The zero-order valence-corrected chi connectivity index (χ0v) is 11.6. The maximum atomic E-state index is 4.99. The molecule has 2 N–H and O–H groups in total. The Kier molecular flexibility index (Phi) is 8.47. The lowest BCUT2D eigenvalue weighted by atomic mass is 10.1. The van der Waals surface area contributed by atoms with Crippen LogP contribution in [-0.2, 0) is 11.2 Å². The highest BCUT2D eigenvalue weighted by Crippen LogP contribution is 2.01. The smallest absolute Gasteiger partial charge is 0.0587 e. The van der Waals surface area contributed by atoms with Gasteiger partial charge in [-0.15, -0.1) is 0 Å². The molecule has 0 spiro atoms. The first-order valence-corrected chi connectivity index (χ1v) is 6.80. The quantitative estimate of drug-likeness (QED) is 0.622. The van der Waals surface area contributed by atoms with Crippen molar-refractivity contribution in [1.82, 2.24) is 10.6 Å². The second-order valence-electron chi connectivity index (χ2n) is 4.64. The van der Waals surface area contributed by atoms with Gasteiger partial charge in [0.15, 0.2) is 0 Å². The maximum Gasteiger partial charge on any atom is 0.0587 e. The van der Waals surface area contributed by atoms with Crippen LogP contribution in [0.5, 0.6) is 0 Å². The van der Waals surface area contributed by atoms with E-state index in [4.69, 9.17) is 4.74 Å². The van der Waals surface area contributed by atoms with Crippen molar-refractivity contribution >= 4 is 0 Å². The van der Waals surface area contributed by atoms with Gasteiger partial charge in [0.2, 0.25) is 0 Å². The van der Waals surface area contributed by atoms with Crippen LogP contribution >= 0.6 is 0 Å². The maximum absolute atomic E-state index is 4.99. The zero-order valence-electron chi connectivity index (χ0n) is 11.6. The summed E-state index contributed by atoms with van der Waals surface area (Å²) >= 11 is 0. The molecule has 1 aromatic rings. The molecule has 18 heavy (non-hydrogen) atoms. The molecule has 1 rings (SSSR count). The Morgan fingerprint density at radius 1 is 1.17 bits per heavy atom. The number of rotatable bonds is 10. The Morgan fingerprint density at radius 3 is 2.67 bits per heavy atom. The van der Waals surface area contributed by atoms with E-state index in [0.29, 0.717) is 6.04 Å². The lowest BCUT2D eigenvalue weighted by Crippen LogP contribution is -2.37. The minimum absolute atomic E-state index is 0.512. The lowest BCUT2D eigenvalue weighted by Gasteiger charge is -2.14. The Hall–Kier alpha value is -0.900. The molecular formula is C15H26N2O.